The van der Waals surface area contributed by atoms with Crippen LogP contribution in [0.25, 0.3) is 0 Å². The van der Waals surface area contributed by atoms with Crippen LogP contribution in [0.4, 0.5) is 0 Å². The van der Waals surface area contributed by atoms with Gasteiger partial charge in [0.25, 0.3) is 0 Å². The number of β-amino-alcohol motifs (C(OH)–C–C–N with tert-alkyl or cyclic N) is 1. The molecule has 0 saturated carbocycles. The van der Waals surface area contributed by atoms with Gasteiger partial charge in [-0.2, -0.15) is 0 Å². The maximum absolute atomic E-state index is 12.0. The topological polar surface area (TPSA) is 77.8 Å². The minimum atomic E-state index is -0.892. The number of carbonyl (C=O) groups is 2. The highest BCUT2D eigenvalue weighted by Crippen LogP contribution is 2.28. The summed E-state index contributed by atoms with van der Waals surface area (Å²) in [6, 6.07) is 0. The molecule has 0 bridgehead atoms. The van der Waals surface area contributed by atoms with Gasteiger partial charge >= 0.3 is 5.97 Å². The van der Waals surface area contributed by atoms with Crippen LogP contribution in [0.15, 0.2) is 0 Å². The van der Waals surface area contributed by atoms with Crippen LogP contribution in [0, 0.1) is 5.41 Å². The summed E-state index contributed by atoms with van der Waals surface area (Å²) in [5, 5.41) is 18.5. The molecular formula is C12H21NO4. The number of likely N-dealkylation sites (tertiary alicyclic amines) is 1. The molecule has 0 aliphatic carbocycles. The first-order chi connectivity index (χ1) is 7.61. The van der Waals surface area contributed by atoms with E-state index in [4.69, 9.17) is 5.11 Å². The van der Waals surface area contributed by atoms with Crippen molar-refractivity contribution in [1.29, 1.82) is 0 Å². The van der Waals surface area contributed by atoms with Crippen molar-refractivity contribution < 1.29 is 19.8 Å². The summed E-state index contributed by atoms with van der Waals surface area (Å²) in [4.78, 5) is 24.2. The van der Waals surface area contributed by atoms with Gasteiger partial charge in [-0.05, 0) is 18.8 Å². The van der Waals surface area contributed by atoms with Crippen LogP contribution in [0.5, 0.6) is 0 Å². The molecule has 1 amide bonds. The van der Waals surface area contributed by atoms with Crippen LogP contribution in [-0.4, -0.2) is 45.7 Å². The van der Waals surface area contributed by atoms with Crippen molar-refractivity contribution in [2.24, 2.45) is 5.41 Å². The highest BCUT2D eigenvalue weighted by molar-refractivity contribution is 5.78. The molecule has 0 radical (unpaired) electrons. The number of aliphatic hydroxyl groups is 1. The van der Waals surface area contributed by atoms with E-state index in [2.05, 4.69) is 0 Å². The Balaban J connectivity index is 2.52. The molecule has 1 aliphatic heterocycles. The lowest BCUT2D eigenvalue weighted by molar-refractivity contribution is -0.140. The van der Waals surface area contributed by atoms with Gasteiger partial charge in [0.1, 0.15) is 0 Å². The zero-order valence-corrected chi connectivity index (χ0v) is 10.7. The zero-order valence-electron chi connectivity index (χ0n) is 10.7. The molecular weight excluding hydrogens is 222 g/mol. The van der Waals surface area contributed by atoms with Crippen LogP contribution in [0.2, 0.25) is 0 Å². The maximum atomic E-state index is 12.0. The maximum Gasteiger partial charge on any atom is 0.303 e. The Morgan fingerprint density at radius 3 is 2.35 bits per heavy atom. The number of hydrogen-bond acceptors (Lipinski definition) is 3. The lowest BCUT2D eigenvalue weighted by Crippen LogP contribution is -2.36. The molecule has 1 aliphatic rings. The van der Waals surface area contributed by atoms with Crippen LogP contribution < -0.4 is 0 Å². The first kappa shape index (κ1) is 14.0. The first-order valence-corrected chi connectivity index (χ1v) is 5.83. The SMILES string of the molecule is CC(C)(CC(=O)O)CC(=O)N1CCC(C)(O)C1. The predicted octanol–water partition coefficient (Wildman–Crippen LogP) is 0.861. The third kappa shape index (κ3) is 4.34. The standard InChI is InChI=1S/C12H21NO4/c1-11(2,7-10(15)16)6-9(14)13-5-4-12(3,17)8-13/h17H,4-8H2,1-3H3,(H,15,16). The van der Waals surface area contributed by atoms with E-state index in [9.17, 15) is 14.7 Å². The van der Waals surface area contributed by atoms with E-state index in [1.165, 1.54) is 0 Å². The Morgan fingerprint density at radius 2 is 1.94 bits per heavy atom. The van der Waals surface area contributed by atoms with E-state index in [-0.39, 0.29) is 18.7 Å². The third-order valence-electron chi connectivity index (χ3n) is 3.06. The van der Waals surface area contributed by atoms with E-state index >= 15 is 0 Å². The smallest absolute Gasteiger partial charge is 0.303 e. The summed E-state index contributed by atoms with van der Waals surface area (Å²) in [5.74, 6) is -0.967. The number of carbonyl (C=O) groups excluding carboxylic acids is 1. The van der Waals surface area contributed by atoms with Gasteiger partial charge in [0, 0.05) is 19.5 Å². The van der Waals surface area contributed by atoms with Crippen LogP contribution in [0.3, 0.4) is 0 Å². The first-order valence-electron chi connectivity index (χ1n) is 5.83. The van der Waals surface area contributed by atoms with Crippen LogP contribution in [0.1, 0.15) is 40.0 Å². The van der Waals surface area contributed by atoms with E-state index in [1.807, 2.05) is 0 Å². The van der Waals surface area contributed by atoms with Crippen LogP contribution >= 0.6 is 0 Å². The van der Waals surface area contributed by atoms with Gasteiger partial charge in [0.05, 0.1) is 12.0 Å². The fourth-order valence-electron chi connectivity index (χ4n) is 2.15. The van der Waals surface area contributed by atoms with Gasteiger partial charge in [-0.1, -0.05) is 13.8 Å². The Bertz CT molecular complexity index is 322. The molecule has 98 valence electrons. The average Bonchev–Trinajstić information content (AvgIpc) is 2.42. The van der Waals surface area contributed by atoms with E-state index < -0.39 is 17.0 Å². The Hall–Kier alpha value is -1.10. The van der Waals surface area contributed by atoms with Gasteiger partial charge in [0.2, 0.25) is 5.91 Å². The minimum absolute atomic E-state index is 0.0248. The predicted molar refractivity (Wildman–Crippen MR) is 62.5 cm³/mol. The number of nitrogens with zero attached hydrogens (tertiary/aromatic N) is 1. The van der Waals surface area contributed by atoms with Gasteiger partial charge in [0.15, 0.2) is 0 Å². The molecule has 0 aromatic rings. The second-order valence-corrected chi connectivity index (χ2v) is 5.97. The summed E-state index contributed by atoms with van der Waals surface area (Å²) in [6.45, 7) is 6.15. The molecule has 5 nitrogen and oxygen atoms in total. The van der Waals surface area contributed by atoms with Crippen molar-refractivity contribution in [3.63, 3.8) is 0 Å². The summed E-state index contributed by atoms with van der Waals surface area (Å²) < 4.78 is 0. The molecule has 1 saturated heterocycles. The van der Waals surface area contributed by atoms with Crippen molar-refractivity contribution in [3.8, 4) is 0 Å². The molecule has 0 spiro atoms. The minimum Gasteiger partial charge on any atom is -0.481 e. The second kappa shape index (κ2) is 4.64. The molecule has 0 aromatic carbocycles. The monoisotopic (exact) mass is 243 g/mol. The van der Waals surface area contributed by atoms with Crippen molar-refractivity contribution in [1.82, 2.24) is 4.90 Å². The summed E-state index contributed by atoms with van der Waals surface area (Å²) in [7, 11) is 0. The molecule has 5 heteroatoms. The number of hydrogen-bond donors (Lipinski definition) is 2. The van der Waals surface area contributed by atoms with E-state index in [1.54, 1.807) is 25.7 Å². The molecule has 1 atom stereocenters. The van der Waals surface area contributed by atoms with Crippen molar-refractivity contribution in [2.75, 3.05) is 13.1 Å². The van der Waals surface area contributed by atoms with E-state index in [0.717, 1.165) is 0 Å². The van der Waals surface area contributed by atoms with Crippen molar-refractivity contribution >= 4 is 11.9 Å². The lowest BCUT2D eigenvalue weighted by Gasteiger charge is -2.26. The molecule has 1 rings (SSSR count). The summed E-state index contributed by atoms with van der Waals surface area (Å²) in [6.07, 6.45) is 0.760. The second-order valence-electron chi connectivity index (χ2n) is 5.97. The Kier molecular flexibility index (Phi) is 3.81. The number of carboxylic acids is 1. The van der Waals surface area contributed by atoms with Crippen molar-refractivity contribution in [2.45, 2.75) is 45.6 Å². The highest BCUT2D eigenvalue weighted by atomic mass is 16.4. The quantitative estimate of drug-likeness (QED) is 0.767. The summed E-state index contributed by atoms with van der Waals surface area (Å²) in [5.41, 5.74) is -1.34. The number of carboxylic acid groups (broad SMARTS) is 1. The highest BCUT2D eigenvalue weighted by Gasteiger charge is 2.36. The van der Waals surface area contributed by atoms with Gasteiger partial charge in [-0.3, -0.25) is 9.59 Å². The van der Waals surface area contributed by atoms with E-state index in [0.29, 0.717) is 19.5 Å². The van der Waals surface area contributed by atoms with Crippen LogP contribution in [-0.2, 0) is 9.59 Å². The van der Waals surface area contributed by atoms with Crippen molar-refractivity contribution in [3.05, 3.63) is 0 Å². The van der Waals surface area contributed by atoms with Gasteiger partial charge in [-0.25, -0.2) is 0 Å². The average molecular weight is 243 g/mol. The number of amides is 1. The normalized spacial score (nSPS) is 25.1. The Labute approximate surface area is 101 Å². The molecule has 17 heavy (non-hydrogen) atoms. The third-order valence-corrected chi connectivity index (χ3v) is 3.06. The number of aliphatic carboxylic acids is 1. The fourth-order valence-corrected chi connectivity index (χ4v) is 2.15. The zero-order chi connectivity index (χ0) is 13.3. The summed E-state index contributed by atoms with van der Waals surface area (Å²) >= 11 is 0. The molecule has 2 N–H and O–H groups in total. The molecule has 1 heterocycles. The Morgan fingerprint density at radius 1 is 1.35 bits per heavy atom. The largest absolute Gasteiger partial charge is 0.481 e. The molecule has 1 unspecified atom stereocenters. The van der Waals surface area contributed by atoms with Gasteiger partial charge in [-0.15, -0.1) is 0 Å². The van der Waals surface area contributed by atoms with Gasteiger partial charge < -0.3 is 15.1 Å². The molecule has 0 aromatic heterocycles. The fraction of sp³-hybridized carbons (Fsp3) is 0.833. The molecule has 1 fully saturated rings. The lowest BCUT2D eigenvalue weighted by atomic mass is 9.85. The number of rotatable bonds is 4.